The van der Waals surface area contributed by atoms with E-state index in [2.05, 4.69) is 17.6 Å². The van der Waals surface area contributed by atoms with Gasteiger partial charge in [0.25, 0.3) is 0 Å². The second-order valence-electron chi connectivity index (χ2n) is 4.08. The predicted octanol–water partition coefficient (Wildman–Crippen LogP) is 0.858. The summed E-state index contributed by atoms with van der Waals surface area (Å²) in [6, 6.07) is -0.165. The Kier molecular flexibility index (Phi) is 4.20. The van der Waals surface area contributed by atoms with Crippen LogP contribution in [0.5, 0.6) is 0 Å². The monoisotopic (exact) mass is 200 g/mol. The molecule has 0 aliphatic heterocycles. The molecule has 82 valence electrons. The number of amides is 2. The molecule has 0 bridgehead atoms. The Bertz CT molecular complexity index is 191. The molecule has 0 aromatic rings. The molecule has 1 saturated carbocycles. The van der Waals surface area contributed by atoms with Crippen molar-refractivity contribution in [2.45, 2.75) is 32.6 Å². The van der Waals surface area contributed by atoms with Gasteiger partial charge in [-0.3, -0.25) is 0 Å². The summed E-state index contributed by atoms with van der Waals surface area (Å²) in [7, 11) is 0. The molecule has 2 amide bonds. The Morgan fingerprint density at radius 2 is 2.14 bits per heavy atom. The maximum atomic E-state index is 11.1. The lowest BCUT2D eigenvalue weighted by molar-refractivity contribution is 0.231. The van der Waals surface area contributed by atoms with E-state index in [9.17, 15) is 4.79 Å². The number of carbonyl (C=O) groups excluding carboxylic acids is 1. The zero-order valence-electron chi connectivity index (χ0n) is 8.81. The lowest BCUT2D eigenvalue weighted by atomic mass is 10.0. The molecule has 1 rings (SSSR count). The van der Waals surface area contributed by atoms with Crippen LogP contribution in [0, 0.1) is 5.41 Å². The minimum atomic E-state index is -0.165. The summed E-state index contributed by atoms with van der Waals surface area (Å²) in [5.41, 5.74) is 0.394. The fourth-order valence-electron chi connectivity index (χ4n) is 1.72. The predicted molar refractivity (Wildman–Crippen MR) is 55.1 cm³/mol. The summed E-state index contributed by atoms with van der Waals surface area (Å²) >= 11 is 0. The van der Waals surface area contributed by atoms with Gasteiger partial charge in [-0.15, -0.1) is 0 Å². The third-order valence-corrected chi connectivity index (χ3v) is 2.76. The summed E-state index contributed by atoms with van der Waals surface area (Å²) in [5, 5.41) is 13.9. The van der Waals surface area contributed by atoms with Crippen LogP contribution in [0.25, 0.3) is 0 Å². The molecular weight excluding hydrogens is 180 g/mol. The maximum Gasteiger partial charge on any atom is 0.314 e. The molecule has 0 aromatic carbocycles. The number of hydrogen-bond donors (Lipinski definition) is 3. The van der Waals surface area contributed by atoms with E-state index in [1.807, 2.05) is 0 Å². The second-order valence-corrected chi connectivity index (χ2v) is 4.08. The van der Waals surface area contributed by atoms with E-state index in [4.69, 9.17) is 5.11 Å². The zero-order chi connectivity index (χ0) is 10.4. The fourth-order valence-corrected chi connectivity index (χ4v) is 1.72. The van der Waals surface area contributed by atoms with Crippen molar-refractivity contribution in [3.05, 3.63) is 0 Å². The van der Waals surface area contributed by atoms with Gasteiger partial charge in [-0.25, -0.2) is 4.79 Å². The Labute approximate surface area is 85.1 Å². The number of aliphatic hydroxyl groups is 1. The van der Waals surface area contributed by atoms with E-state index < -0.39 is 0 Å². The van der Waals surface area contributed by atoms with Crippen LogP contribution in [0.1, 0.15) is 32.6 Å². The number of nitrogens with one attached hydrogen (secondary N) is 2. The standard InChI is InChI=1S/C10H20N2O2/c1-2-3-10(4-5-10)8-12-9(14)11-6-7-13/h13H,2-8H2,1H3,(H2,11,12,14). The molecule has 0 radical (unpaired) electrons. The van der Waals surface area contributed by atoms with Crippen LogP contribution in [-0.4, -0.2) is 30.8 Å². The molecule has 1 fully saturated rings. The molecule has 14 heavy (non-hydrogen) atoms. The highest BCUT2D eigenvalue weighted by atomic mass is 16.3. The fraction of sp³-hybridized carbons (Fsp3) is 0.900. The molecule has 1 aliphatic carbocycles. The van der Waals surface area contributed by atoms with Gasteiger partial charge in [-0.2, -0.15) is 0 Å². The lowest BCUT2D eigenvalue weighted by Crippen LogP contribution is -2.39. The number of aliphatic hydroxyl groups excluding tert-OH is 1. The Hall–Kier alpha value is -0.770. The van der Waals surface area contributed by atoms with Crippen molar-refractivity contribution in [1.82, 2.24) is 10.6 Å². The first-order valence-corrected chi connectivity index (χ1v) is 5.35. The van der Waals surface area contributed by atoms with Gasteiger partial charge in [0.2, 0.25) is 0 Å². The van der Waals surface area contributed by atoms with Crippen molar-refractivity contribution in [2.24, 2.45) is 5.41 Å². The number of hydrogen-bond acceptors (Lipinski definition) is 2. The topological polar surface area (TPSA) is 61.4 Å². The van der Waals surface area contributed by atoms with Crippen LogP contribution in [-0.2, 0) is 0 Å². The smallest absolute Gasteiger partial charge is 0.314 e. The van der Waals surface area contributed by atoms with Gasteiger partial charge in [0.05, 0.1) is 6.61 Å². The van der Waals surface area contributed by atoms with E-state index in [-0.39, 0.29) is 12.6 Å². The summed E-state index contributed by atoms with van der Waals surface area (Å²) in [5.74, 6) is 0. The summed E-state index contributed by atoms with van der Waals surface area (Å²) in [6.45, 7) is 3.27. The SMILES string of the molecule is CCCC1(CNC(=O)NCCO)CC1. The van der Waals surface area contributed by atoms with Crippen molar-refractivity contribution in [3.8, 4) is 0 Å². The zero-order valence-corrected chi connectivity index (χ0v) is 8.81. The molecule has 4 nitrogen and oxygen atoms in total. The first-order chi connectivity index (χ1) is 6.72. The van der Waals surface area contributed by atoms with E-state index in [0.717, 1.165) is 6.54 Å². The third kappa shape index (κ3) is 3.54. The molecular formula is C10H20N2O2. The molecule has 0 heterocycles. The van der Waals surface area contributed by atoms with Crippen LogP contribution in [0.15, 0.2) is 0 Å². The van der Waals surface area contributed by atoms with Crippen LogP contribution in [0.2, 0.25) is 0 Å². The van der Waals surface area contributed by atoms with Gasteiger partial charge in [0.1, 0.15) is 0 Å². The highest BCUT2D eigenvalue weighted by molar-refractivity contribution is 5.73. The van der Waals surface area contributed by atoms with Gasteiger partial charge in [0.15, 0.2) is 0 Å². The molecule has 3 N–H and O–H groups in total. The van der Waals surface area contributed by atoms with Crippen molar-refractivity contribution in [3.63, 3.8) is 0 Å². The number of urea groups is 1. The van der Waals surface area contributed by atoms with E-state index in [1.165, 1.54) is 25.7 Å². The van der Waals surface area contributed by atoms with Crippen LogP contribution in [0.3, 0.4) is 0 Å². The van der Waals surface area contributed by atoms with Gasteiger partial charge in [0, 0.05) is 13.1 Å². The van der Waals surface area contributed by atoms with Gasteiger partial charge < -0.3 is 15.7 Å². The summed E-state index contributed by atoms with van der Waals surface area (Å²) in [6.07, 6.45) is 4.86. The largest absolute Gasteiger partial charge is 0.395 e. The van der Waals surface area contributed by atoms with Crippen LogP contribution < -0.4 is 10.6 Å². The van der Waals surface area contributed by atoms with Crippen molar-refractivity contribution >= 4 is 6.03 Å². The van der Waals surface area contributed by atoms with Gasteiger partial charge in [-0.05, 0) is 24.7 Å². The lowest BCUT2D eigenvalue weighted by Gasteiger charge is -2.14. The Morgan fingerprint density at radius 1 is 1.43 bits per heavy atom. The van der Waals surface area contributed by atoms with Gasteiger partial charge in [-0.1, -0.05) is 13.3 Å². The Morgan fingerprint density at radius 3 is 2.64 bits per heavy atom. The van der Waals surface area contributed by atoms with E-state index >= 15 is 0 Å². The molecule has 1 aliphatic rings. The Balaban J connectivity index is 2.10. The molecule has 0 spiro atoms. The average molecular weight is 200 g/mol. The van der Waals surface area contributed by atoms with E-state index in [1.54, 1.807) is 0 Å². The maximum absolute atomic E-state index is 11.1. The summed E-state index contributed by atoms with van der Waals surface area (Å²) in [4.78, 5) is 11.1. The minimum absolute atomic E-state index is 0.00643. The average Bonchev–Trinajstić information content (AvgIpc) is 2.93. The van der Waals surface area contributed by atoms with Crippen molar-refractivity contribution < 1.29 is 9.90 Å². The van der Waals surface area contributed by atoms with Gasteiger partial charge >= 0.3 is 6.03 Å². The first kappa shape index (κ1) is 11.3. The van der Waals surface area contributed by atoms with Crippen LogP contribution in [0.4, 0.5) is 4.79 Å². The number of carbonyl (C=O) groups is 1. The van der Waals surface area contributed by atoms with Crippen molar-refractivity contribution in [2.75, 3.05) is 19.7 Å². The highest BCUT2D eigenvalue weighted by Crippen LogP contribution is 2.48. The van der Waals surface area contributed by atoms with Crippen molar-refractivity contribution in [1.29, 1.82) is 0 Å². The number of rotatable bonds is 6. The summed E-state index contributed by atoms with van der Waals surface area (Å²) < 4.78 is 0. The second kappa shape index (κ2) is 5.20. The molecule has 0 atom stereocenters. The first-order valence-electron chi connectivity index (χ1n) is 5.35. The molecule has 0 aromatic heterocycles. The minimum Gasteiger partial charge on any atom is -0.395 e. The quantitative estimate of drug-likeness (QED) is 0.595. The van der Waals surface area contributed by atoms with Crippen LogP contribution >= 0.6 is 0 Å². The highest BCUT2D eigenvalue weighted by Gasteiger charge is 2.41. The van der Waals surface area contributed by atoms with E-state index in [0.29, 0.717) is 12.0 Å². The molecule has 0 saturated heterocycles. The third-order valence-electron chi connectivity index (χ3n) is 2.76. The molecule has 4 heteroatoms. The normalized spacial score (nSPS) is 17.6. The molecule has 0 unspecified atom stereocenters.